The molecule has 3 aromatic carbocycles. The van der Waals surface area contributed by atoms with Crippen molar-refractivity contribution in [3.63, 3.8) is 0 Å². The van der Waals surface area contributed by atoms with Crippen LogP contribution in [0, 0.1) is 0 Å². The van der Waals surface area contributed by atoms with Crippen LogP contribution in [0.1, 0.15) is 55.2 Å². The second kappa shape index (κ2) is 7.74. The summed E-state index contributed by atoms with van der Waals surface area (Å²) < 4.78 is 11.2. The van der Waals surface area contributed by atoms with Gasteiger partial charge in [0.25, 0.3) is 5.91 Å². The summed E-state index contributed by atoms with van der Waals surface area (Å²) >= 11 is 0. The molecule has 3 aliphatic rings. The first-order valence-corrected chi connectivity index (χ1v) is 11.2. The smallest absolute Gasteiger partial charge is 0.337 e. The molecule has 2 bridgehead atoms. The van der Waals surface area contributed by atoms with E-state index in [0.29, 0.717) is 18.7 Å². The molecule has 1 saturated heterocycles. The van der Waals surface area contributed by atoms with Crippen LogP contribution in [0.15, 0.2) is 66.7 Å². The van der Waals surface area contributed by atoms with Crippen LogP contribution in [-0.2, 0) is 9.47 Å². The normalized spacial score (nSPS) is 20.4. The van der Waals surface area contributed by atoms with Crippen LogP contribution in [0.25, 0.3) is 0 Å². The number of hydrogen-bond acceptors (Lipinski definition) is 5. The Hall–Kier alpha value is -3.64. The van der Waals surface area contributed by atoms with E-state index in [0.717, 1.165) is 41.0 Å². The van der Waals surface area contributed by atoms with Gasteiger partial charge in [-0.05, 0) is 58.7 Å². The van der Waals surface area contributed by atoms with Crippen molar-refractivity contribution in [3.8, 4) is 0 Å². The maximum Gasteiger partial charge on any atom is 0.337 e. The highest BCUT2D eigenvalue weighted by molar-refractivity contribution is 5.94. The monoisotopic (exact) mass is 440 g/mol. The van der Waals surface area contributed by atoms with E-state index in [1.54, 1.807) is 6.07 Å². The van der Waals surface area contributed by atoms with E-state index >= 15 is 0 Å². The molecule has 0 radical (unpaired) electrons. The summed E-state index contributed by atoms with van der Waals surface area (Å²) in [5, 5.41) is 0. The zero-order chi connectivity index (χ0) is 22.5. The van der Waals surface area contributed by atoms with Gasteiger partial charge in [-0.15, -0.1) is 0 Å². The summed E-state index contributed by atoms with van der Waals surface area (Å²) in [5.41, 5.74) is 6.95. The van der Waals surface area contributed by atoms with Crippen LogP contribution >= 0.6 is 0 Å². The molecule has 3 aromatic rings. The lowest BCUT2D eigenvalue weighted by molar-refractivity contribution is 0.0600. The van der Waals surface area contributed by atoms with E-state index in [9.17, 15) is 9.59 Å². The SMILES string of the molecule is COC(=O)c1ccc2c(c1)C1OC2c2ccc(N3CCN(C(=O)c4ccccc4)CC3)cc21. The van der Waals surface area contributed by atoms with Crippen LogP contribution < -0.4 is 4.90 Å². The van der Waals surface area contributed by atoms with E-state index < -0.39 is 0 Å². The fourth-order valence-electron chi connectivity index (χ4n) is 5.21. The number of hydrogen-bond donors (Lipinski definition) is 0. The highest BCUT2D eigenvalue weighted by Crippen LogP contribution is 2.54. The Balaban J connectivity index is 1.20. The molecule has 2 unspecified atom stereocenters. The molecular formula is C27H24N2O4. The van der Waals surface area contributed by atoms with Crippen LogP contribution in [0.2, 0.25) is 0 Å². The molecule has 33 heavy (non-hydrogen) atoms. The van der Waals surface area contributed by atoms with Crippen molar-refractivity contribution in [1.29, 1.82) is 0 Å². The molecule has 0 N–H and O–H groups in total. The molecule has 0 saturated carbocycles. The standard InChI is InChI=1S/C27H24N2O4/c1-32-27(31)18-7-9-20-22(15-18)25-23-16-19(8-10-21(23)24(20)33-25)28-11-13-29(14-12-28)26(30)17-5-3-2-4-6-17/h2-10,15-16,24-25H,11-14H2,1H3. The second-order valence-corrected chi connectivity index (χ2v) is 8.69. The minimum atomic E-state index is -0.336. The fraction of sp³-hybridized carbons (Fsp3) is 0.259. The summed E-state index contributed by atoms with van der Waals surface area (Å²) in [4.78, 5) is 29.0. The molecule has 1 fully saturated rings. The number of nitrogens with zero attached hydrogens (tertiary/aromatic N) is 2. The van der Waals surface area contributed by atoms with Gasteiger partial charge in [0, 0.05) is 37.4 Å². The Kier molecular flexibility index (Phi) is 4.69. The van der Waals surface area contributed by atoms with Gasteiger partial charge in [0.2, 0.25) is 0 Å². The third-order valence-corrected chi connectivity index (χ3v) is 6.93. The Labute approximate surface area is 192 Å². The molecule has 0 spiro atoms. The number of rotatable bonds is 3. The zero-order valence-electron chi connectivity index (χ0n) is 18.4. The third kappa shape index (κ3) is 3.21. The van der Waals surface area contributed by atoms with Gasteiger partial charge in [-0.2, -0.15) is 0 Å². The first kappa shape index (κ1) is 20.0. The third-order valence-electron chi connectivity index (χ3n) is 6.93. The van der Waals surface area contributed by atoms with Crippen LogP contribution in [0.5, 0.6) is 0 Å². The number of amides is 1. The topological polar surface area (TPSA) is 59.1 Å². The van der Waals surface area contributed by atoms with Gasteiger partial charge >= 0.3 is 5.97 Å². The molecule has 0 aromatic heterocycles. The summed E-state index contributed by atoms with van der Waals surface area (Å²) in [6.45, 7) is 2.96. The number of carbonyl (C=O) groups excluding carboxylic acids is 2. The van der Waals surface area contributed by atoms with Gasteiger partial charge < -0.3 is 19.3 Å². The van der Waals surface area contributed by atoms with Crippen molar-refractivity contribution < 1.29 is 19.1 Å². The highest BCUT2D eigenvalue weighted by Gasteiger charge is 2.43. The summed E-state index contributed by atoms with van der Waals surface area (Å²) in [6.07, 6.45) is -0.244. The number of benzene rings is 3. The van der Waals surface area contributed by atoms with Crippen LogP contribution in [-0.4, -0.2) is 50.1 Å². The molecule has 0 aliphatic carbocycles. The quantitative estimate of drug-likeness (QED) is 0.577. The van der Waals surface area contributed by atoms with E-state index in [1.807, 2.05) is 47.4 Å². The Bertz CT molecular complexity index is 1250. The fourth-order valence-corrected chi connectivity index (χ4v) is 5.21. The maximum atomic E-state index is 12.8. The average molecular weight is 440 g/mol. The zero-order valence-corrected chi connectivity index (χ0v) is 18.4. The molecule has 6 rings (SSSR count). The first-order chi connectivity index (χ1) is 16.1. The minimum absolute atomic E-state index is 0.0823. The van der Waals surface area contributed by atoms with Crippen molar-refractivity contribution in [2.75, 3.05) is 38.2 Å². The molecule has 3 aliphatic heterocycles. The number of carbonyl (C=O) groups is 2. The van der Waals surface area contributed by atoms with Gasteiger partial charge in [-0.25, -0.2) is 4.79 Å². The number of ether oxygens (including phenoxy) is 2. The largest absolute Gasteiger partial charge is 0.465 e. The number of piperazine rings is 1. The predicted molar refractivity (Wildman–Crippen MR) is 124 cm³/mol. The Morgan fingerprint density at radius 3 is 2.18 bits per heavy atom. The summed E-state index contributed by atoms with van der Waals surface area (Å²) in [7, 11) is 1.40. The first-order valence-electron chi connectivity index (χ1n) is 11.2. The minimum Gasteiger partial charge on any atom is -0.465 e. The molecule has 6 heteroatoms. The van der Waals surface area contributed by atoms with Crippen molar-refractivity contribution in [2.45, 2.75) is 12.2 Å². The van der Waals surface area contributed by atoms with Crippen molar-refractivity contribution in [2.24, 2.45) is 0 Å². The van der Waals surface area contributed by atoms with E-state index in [2.05, 4.69) is 23.1 Å². The second-order valence-electron chi connectivity index (χ2n) is 8.69. The van der Waals surface area contributed by atoms with Gasteiger partial charge in [0.05, 0.1) is 12.7 Å². The summed E-state index contributed by atoms with van der Waals surface area (Å²) in [5.74, 6) is -0.245. The lowest BCUT2D eigenvalue weighted by Crippen LogP contribution is -2.48. The number of anilines is 1. The summed E-state index contributed by atoms with van der Waals surface area (Å²) in [6, 6.07) is 21.7. The Morgan fingerprint density at radius 2 is 1.45 bits per heavy atom. The lowest BCUT2D eigenvalue weighted by atomic mass is 9.85. The number of fused-ring (bicyclic) bond motifs is 8. The van der Waals surface area contributed by atoms with Crippen LogP contribution in [0.4, 0.5) is 5.69 Å². The Morgan fingerprint density at radius 1 is 0.788 bits per heavy atom. The molecule has 6 nitrogen and oxygen atoms in total. The molecule has 3 heterocycles. The highest BCUT2D eigenvalue weighted by atomic mass is 16.5. The molecular weight excluding hydrogens is 416 g/mol. The van der Waals surface area contributed by atoms with Gasteiger partial charge in [-0.3, -0.25) is 4.79 Å². The van der Waals surface area contributed by atoms with Crippen molar-refractivity contribution >= 4 is 17.6 Å². The van der Waals surface area contributed by atoms with Gasteiger partial charge in [0.1, 0.15) is 12.2 Å². The average Bonchev–Trinajstić information content (AvgIpc) is 3.45. The van der Waals surface area contributed by atoms with E-state index in [1.165, 1.54) is 12.7 Å². The number of esters is 1. The molecule has 1 amide bonds. The van der Waals surface area contributed by atoms with Crippen molar-refractivity contribution in [3.05, 3.63) is 100 Å². The van der Waals surface area contributed by atoms with E-state index in [-0.39, 0.29) is 24.1 Å². The lowest BCUT2D eigenvalue weighted by Gasteiger charge is -2.36. The molecule has 2 atom stereocenters. The van der Waals surface area contributed by atoms with Gasteiger partial charge in [-0.1, -0.05) is 30.3 Å². The molecule has 166 valence electrons. The predicted octanol–water partition coefficient (Wildman–Crippen LogP) is 3.96. The maximum absolute atomic E-state index is 12.8. The number of methoxy groups -OCH3 is 1. The van der Waals surface area contributed by atoms with Crippen molar-refractivity contribution in [1.82, 2.24) is 4.90 Å². The van der Waals surface area contributed by atoms with E-state index in [4.69, 9.17) is 9.47 Å². The van der Waals surface area contributed by atoms with Gasteiger partial charge in [0.15, 0.2) is 0 Å². The van der Waals surface area contributed by atoms with Crippen LogP contribution in [0.3, 0.4) is 0 Å².